The third-order valence-corrected chi connectivity index (χ3v) is 9.60. The zero-order valence-corrected chi connectivity index (χ0v) is 24.6. The van der Waals surface area contributed by atoms with Crippen LogP contribution in [0.15, 0.2) is 23.4 Å². The summed E-state index contributed by atoms with van der Waals surface area (Å²) in [5.74, 6) is -3.58. The first kappa shape index (κ1) is 31.9. The number of carboxylic acids is 1. The number of fused-ring (bicyclic) bond motifs is 1. The highest BCUT2D eigenvalue weighted by atomic mass is 32.2. The van der Waals surface area contributed by atoms with E-state index in [1.165, 1.54) is 27.4 Å². The SMILES string of the molecule is CCCSc1nc(N(C2O[C@H](C(=O)O)[C@@H](O)[C@H](O)[C@H]2O)[C@@H]2C[C@H]2c2ccc(F)c(F)c2)c2n[nH][n+]([C@H]3C[C@H](O)[C@@H](O)[C@H]3O)c2n1. The van der Waals surface area contributed by atoms with Crippen LogP contribution in [0.1, 0.15) is 43.7 Å². The van der Waals surface area contributed by atoms with Gasteiger partial charge in [0.15, 0.2) is 29.8 Å². The minimum atomic E-state index is -1.97. The molecular formula is C27H33F2N6O9S+. The molecule has 6 rings (SSSR count). The summed E-state index contributed by atoms with van der Waals surface area (Å²) in [6.07, 6.45) is -12.4. The van der Waals surface area contributed by atoms with E-state index in [1.54, 1.807) is 0 Å². The average molecular weight is 656 g/mol. The summed E-state index contributed by atoms with van der Waals surface area (Å²) in [6, 6.07) is 1.87. The molecule has 0 radical (unpaired) electrons. The summed E-state index contributed by atoms with van der Waals surface area (Å²) < 4.78 is 35.0. The number of aromatic nitrogens is 5. The first-order chi connectivity index (χ1) is 21.4. The molecule has 45 heavy (non-hydrogen) atoms. The molecule has 2 aromatic heterocycles. The topological polar surface area (TPSA) is 229 Å². The molecule has 1 saturated heterocycles. The summed E-state index contributed by atoms with van der Waals surface area (Å²) in [5, 5.41) is 80.4. The van der Waals surface area contributed by atoms with Gasteiger partial charge in [0, 0.05) is 24.1 Å². The molecule has 3 aromatic rings. The fourth-order valence-corrected chi connectivity index (χ4v) is 6.78. The maximum Gasteiger partial charge on any atom is 0.335 e. The number of H-pyrrole nitrogens is 1. The molecular weight excluding hydrogens is 622 g/mol. The van der Waals surface area contributed by atoms with Crippen molar-refractivity contribution in [2.24, 2.45) is 0 Å². The van der Waals surface area contributed by atoms with Crippen molar-refractivity contribution < 1.29 is 58.7 Å². The van der Waals surface area contributed by atoms with E-state index in [0.29, 0.717) is 17.7 Å². The van der Waals surface area contributed by atoms with Gasteiger partial charge in [-0.15, -0.1) is 5.21 Å². The lowest BCUT2D eigenvalue weighted by Crippen LogP contribution is -2.65. The number of ether oxygens (including phenoxy) is 1. The molecule has 18 heteroatoms. The fourth-order valence-electron chi connectivity index (χ4n) is 6.09. The van der Waals surface area contributed by atoms with Gasteiger partial charge in [-0.2, -0.15) is 9.67 Å². The predicted octanol–water partition coefficient (Wildman–Crippen LogP) is -1.30. The number of hydrogen-bond donors (Lipinski definition) is 8. The third-order valence-electron chi connectivity index (χ3n) is 8.55. The van der Waals surface area contributed by atoms with Crippen molar-refractivity contribution in [3.05, 3.63) is 35.4 Å². The molecule has 1 aromatic carbocycles. The van der Waals surface area contributed by atoms with Crippen molar-refractivity contribution in [1.29, 1.82) is 0 Å². The van der Waals surface area contributed by atoms with E-state index in [1.807, 2.05) is 6.92 Å². The van der Waals surface area contributed by atoms with Crippen molar-refractivity contribution in [1.82, 2.24) is 20.3 Å². The molecule has 3 fully saturated rings. The molecule has 0 spiro atoms. The van der Waals surface area contributed by atoms with Crippen molar-refractivity contribution in [2.45, 2.75) is 98.3 Å². The number of nitrogens with zero attached hydrogens (tertiary/aromatic N) is 5. The molecule has 0 bridgehead atoms. The van der Waals surface area contributed by atoms with Gasteiger partial charge in [-0.25, -0.2) is 13.6 Å². The lowest BCUT2D eigenvalue weighted by molar-refractivity contribution is -0.761. The molecule has 3 aliphatic rings. The van der Waals surface area contributed by atoms with Gasteiger partial charge < -0.3 is 45.4 Å². The van der Waals surface area contributed by atoms with Crippen molar-refractivity contribution >= 4 is 34.7 Å². The maximum absolute atomic E-state index is 14.2. The number of nitrogens with one attached hydrogen (secondary N) is 1. The van der Waals surface area contributed by atoms with Crippen LogP contribution in [0.2, 0.25) is 0 Å². The van der Waals surface area contributed by atoms with E-state index in [0.717, 1.165) is 18.6 Å². The molecule has 11 atom stereocenters. The number of aliphatic hydroxyl groups excluding tert-OH is 6. The van der Waals surface area contributed by atoms with Crippen LogP contribution in [-0.4, -0.2) is 123 Å². The Hall–Kier alpha value is -3.10. The van der Waals surface area contributed by atoms with Crippen LogP contribution in [0.3, 0.4) is 0 Å². The van der Waals surface area contributed by atoms with Crippen LogP contribution < -0.4 is 9.58 Å². The van der Waals surface area contributed by atoms with E-state index >= 15 is 0 Å². The third kappa shape index (κ3) is 5.62. The number of carbonyl (C=O) groups is 1. The number of aromatic amines is 1. The van der Waals surface area contributed by atoms with E-state index in [2.05, 4.69) is 20.3 Å². The highest BCUT2D eigenvalue weighted by molar-refractivity contribution is 7.99. The Bertz CT molecular complexity index is 1590. The minimum absolute atomic E-state index is 0.0223. The van der Waals surface area contributed by atoms with Crippen molar-refractivity contribution in [3.8, 4) is 0 Å². The molecule has 1 aliphatic heterocycles. The van der Waals surface area contributed by atoms with Gasteiger partial charge in [0.05, 0.1) is 6.10 Å². The minimum Gasteiger partial charge on any atom is -0.479 e. The Balaban J connectivity index is 1.50. The van der Waals surface area contributed by atoms with Crippen LogP contribution in [0.25, 0.3) is 11.2 Å². The summed E-state index contributed by atoms with van der Waals surface area (Å²) >= 11 is 1.27. The second-order valence-electron chi connectivity index (χ2n) is 11.5. The van der Waals surface area contributed by atoms with Gasteiger partial charge >= 0.3 is 11.6 Å². The maximum atomic E-state index is 14.2. The quantitative estimate of drug-likeness (QED) is 0.0762. The highest BCUT2D eigenvalue weighted by Crippen LogP contribution is 2.49. The van der Waals surface area contributed by atoms with Gasteiger partial charge in [0.25, 0.3) is 10.7 Å². The van der Waals surface area contributed by atoms with E-state index in [9.17, 15) is 49.3 Å². The lowest BCUT2D eigenvalue weighted by atomic mass is 9.97. The monoisotopic (exact) mass is 655 g/mol. The first-order valence-corrected chi connectivity index (χ1v) is 15.4. The van der Waals surface area contributed by atoms with Gasteiger partial charge in [0.1, 0.15) is 36.6 Å². The molecule has 8 N–H and O–H groups in total. The van der Waals surface area contributed by atoms with Crippen LogP contribution in [0.5, 0.6) is 0 Å². The lowest BCUT2D eigenvalue weighted by Gasteiger charge is -2.44. The largest absolute Gasteiger partial charge is 0.479 e. The molecule has 244 valence electrons. The Labute approximate surface area is 258 Å². The number of hydrogen-bond acceptors (Lipinski definition) is 13. The number of anilines is 1. The normalized spacial score (nSPS) is 34.7. The number of halogens is 2. The van der Waals surface area contributed by atoms with Gasteiger partial charge in [-0.3, -0.25) is 0 Å². The smallest absolute Gasteiger partial charge is 0.335 e. The molecule has 3 heterocycles. The number of aliphatic carboxylic acids is 1. The summed E-state index contributed by atoms with van der Waals surface area (Å²) in [6.45, 7) is 1.94. The Morgan fingerprint density at radius 3 is 2.44 bits per heavy atom. The van der Waals surface area contributed by atoms with Crippen molar-refractivity contribution in [3.63, 3.8) is 0 Å². The van der Waals surface area contributed by atoms with Gasteiger partial charge in [-0.05, 0) is 35.6 Å². The Morgan fingerprint density at radius 2 is 1.80 bits per heavy atom. The zero-order chi connectivity index (χ0) is 32.3. The van der Waals surface area contributed by atoms with E-state index in [-0.39, 0.29) is 28.6 Å². The van der Waals surface area contributed by atoms with E-state index in [4.69, 9.17) is 4.74 Å². The molecule has 1 unspecified atom stereocenters. The van der Waals surface area contributed by atoms with Gasteiger partial charge in [-0.1, -0.05) is 29.7 Å². The summed E-state index contributed by atoms with van der Waals surface area (Å²) in [7, 11) is 0. The second-order valence-corrected chi connectivity index (χ2v) is 12.6. The first-order valence-electron chi connectivity index (χ1n) is 14.4. The zero-order valence-electron chi connectivity index (χ0n) is 23.8. The average Bonchev–Trinajstić information content (AvgIpc) is 3.61. The van der Waals surface area contributed by atoms with Gasteiger partial charge in [0.2, 0.25) is 0 Å². The molecule has 2 saturated carbocycles. The van der Waals surface area contributed by atoms with Crippen LogP contribution in [0, 0.1) is 11.6 Å². The van der Waals surface area contributed by atoms with E-state index < -0.39 is 84.6 Å². The Morgan fingerprint density at radius 1 is 1.04 bits per heavy atom. The van der Waals surface area contributed by atoms with Crippen LogP contribution >= 0.6 is 11.8 Å². The second kappa shape index (κ2) is 12.3. The standard InChI is InChI=1S/C27H32F2N6O9S/c1-2-5-45-27-30-23(16-24(31-27)35(33-32-16)14-8-15(36)18(38)17(14)37)34(13-7-10(13)9-3-4-11(28)12(29)6-9)25-21(41)19(39)20(40)22(44-25)26(42)43/h3-4,6,10,13-15,17-22,25,36-41H,2,5,7-8H2,1H3,(H,42,43)/p+1/t10-,13+,14-,15-,17-,18+,19-,20-,21+,22-,25?/m0/s1. The summed E-state index contributed by atoms with van der Waals surface area (Å²) in [4.78, 5) is 22.7. The van der Waals surface area contributed by atoms with Crippen LogP contribution in [0.4, 0.5) is 14.6 Å². The van der Waals surface area contributed by atoms with Crippen molar-refractivity contribution in [2.75, 3.05) is 10.7 Å². The molecule has 2 aliphatic carbocycles. The highest BCUT2D eigenvalue weighted by Gasteiger charge is 2.56. The number of benzene rings is 1. The Kier molecular flexibility index (Phi) is 8.68. The number of rotatable bonds is 9. The van der Waals surface area contributed by atoms with Crippen LogP contribution in [-0.2, 0) is 9.53 Å². The predicted molar refractivity (Wildman–Crippen MR) is 149 cm³/mol. The number of carboxylic acid groups (broad SMARTS) is 1. The fraction of sp³-hybridized carbons (Fsp3) is 0.593. The molecule has 0 amide bonds. The summed E-state index contributed by atoms with van der Waals surface area (Å²) in [5.41, 5.74) is 0.613. The number of thioether (sulfide) groups is 1. The molecule has 15 nitrogen and oxygen atoms in total. The number of aliphatic hydroxyl groups is 6.